The highest BCUT2D eigenvalue weighted by Gasteiger charge is 2.19. The molecule has 1 unspecified atom stereocenters. The van der Waals surface area contributed by atoms with E-state index < -0.39 is 0 Å². The average Bonchev–Trinajstić information content (AvgIpc) is 2.19. The summed E-state index contributed by atoms with van der Waals surface area (Å²) >= 11 is 6.15. The van der Waals surface area contributed by atoms with E-state index in [9.17, 15) is 0 Å². The van der Waals surface area contributed by atoms with Crippen molar-refractivity contribution >= 4 is 11.6 Å². The van der Waals surface area contributed by atoms with Gasteiger partial charge in [-0.1, -0.05) is 39.3 Å². The second kappa shape index (κ2) is 6.36. The Morgan fingerprint density at radius 3 is 2.65 bits per heavy atom. The minimum absolute atomic E-state index is 0.326. The fourth-order valence-corrected chi connectivity index (χ4v) is 2.28. The van der Waals surface area contributed by atoms with Gasteiger partial charge in [0, 0.05) is 18.4 Å². The minimum Gasteiger partial charge on any atom is -0.314 e. The van der Waals surface area contributed by atoms with Gasteiger partial charge >= 0.3 is 0 Å². The molecule has 0 bridgehead atoms. The highest BCUT2D eigenvalue weighted by Crippen LogP contribution is 2.24. The van der Waals surface area contributed by atoms with Crippen molar-refractivity contribution < 1.29 is 0 Å². The molecule has 1 heterocycles. The van der Waals surface area contributed by atoms with Crippen molar-refractivity contribution in [1.29, 1.82) is 0 Å². The SMILES string of the molecule is CCNC(Cc1ccncc1Cl)CC(C)(C)C. The van der Waals surface area contributed by atoms with Crippen molar-refractivity contribution in [3.8, 4) is 0 Å². The van der Waals surface area contributed by atoms with Gasteiger partial charge in [-0.15, -0.1) is 0 Å². The van der Waals surface area contributed by atoms with Gasteiger partial charge in [0.25, 0.3) is 0 Å². The summed E-state index contributed by atoms with van der Waals surface area (Å²) in [4.78, 5) is 4.02. The number of pyridine rings is 1. The third kappa shape index (κ3) is 5.51. The third-order valence-corrected chi connectivity index (χ3v) is 3.01. The molecule has 3 heteroatoms. The van der Waals surface area contributed by atoms with Crippen LogP contribution in [-0.2, 0) is 6.42 Å². The van der Waals surface area contributed by atoms with Crippen molar-refractivity contribution in [3.05, 3.63) is 29.0 Å². The summed E-state index contributed by atoms with van der Waals surface area (Å²) in [5, 5.41) is 4.30. The Labute approximate surface area is 110 Å². The average molecular weight is 255 g/mol. The molecule has 0 radical (unpaired) electrons. The monoisotopic (exact) mass is 254 g/mol. The molecule has 0 aromatic carbocycles. The molecular weight excluding hydrogens is 232 g/mol. The number of nitrogens with zero attached hydrogens (tertiary/aromatic N) is 1. The van der Waals surface area contributed by atoms with Gasteiger partial charge in [-0.25, -0.2) is 0 Å². The molecule has 0 saturated carbocycles. The van der Waals surface area contributed by atoms with E-state index in [4.69, 9.17) is 11.6 Å². The first-order valence-corrected chi connectivity index (χ1v) is 6.62. The highest BCUT2D eigenvalue weighted by atomic mass is 35.5. The molecular formula is C14H23ClN2. The van der Waals surface area contributed by atoms with Gasteiger partial charge < -0.3 is 5.32 Å². The zero-order valence-electron chi connectivity index (χ0n) is 11.3. The number of hydrogen-bond acceptors (Lipinski definition) is 2. The fourth-order valence-electron chi connectivity index (χ4n) is 2.08. The predicted molar refractivity (Wildman–Crippen MR) is 74.5 cm³/mol. The molecule has 2 nitrogen and oxygen atoms in total. The van der Waals surface area contributed by atoms with Crippen LogP contribution in [0.3, 0.4) is 0 Å². The van der Waals surface area contributed by atoms with Gasteiger partial charge in [0.2, 0.25) is 0 Å². The normalized spacial score (nSPS) is 13.7. The van der Waals surface area contributed by atoms with Gasteiger partial charge in [-0.05, 0) is 36.4 Å². The molecule has 1 N–H and O–H groups in total. The standard InChI is InChI=1S/C14H23ClN2/c1-5-17-12(9-14(2,3)4)8-11-6-7-16-10-13(11)15/h6-7,10,12,17H,5,8-9H2,1-4H3. The Morgan fingerprint density at radius 2 is 2.12 bits per heavy atom. The summed E-state index contributed by atoms with van der Waals surface area (Å²) in [7, 11) is 0. The van der Waals surface area contributed by atoms with Crippen LogP contribution in [0.5, 0.6) is 0 Å². The van der Waals surface area contributed by atoms with Crippen LogP contribution in [0.1, 0.15) is 39.7 Å². The smallest absolute Gasteiger partial charge is 0.0621 e. The highest BCUT2D eigenvalue weighted by molar-refractivity contribution is 6.31. The van der Waals surface area contributed by atoms with Crippen LogP contribution in [0.2, 0.25) is 5.02 Å². The van der Waals surface area contributed by atoms with Crippen LogP contribution in [0.4, 0.5) is 0 Å². The van der Waals surface area contributed by atoms with E-state index >= 15 is 0 Å². The topological polar surface area (TPSA) is 24.9 Å². The maximum atomic E-state index is 6.15. The predicted octanol–water partition coefficient (Wildman–Crippen LogP) is 3.69. The molecule has 0 aliphatic carbocycles. The van der Waals surface area contributed by atoms with Crippen LogP contribution < -0.4 is 5.32 Å². The molecule has 0 aliphatic rings. The molecule has 1 aromatic heterocycles. The Kier molecular flexibility index (Phi) is 5.41. The first kappa shape index (κ1) is 14.5. The largest absolute Gasteiger partial charge is 0.314 e. The Balaban J connectivity index is 2.70. The first-order chi connectivity index (χ1) is 7.92. The molecule has 1 rings (SSSR count). The van der Waals surface area contributed by atoms with Crippen LogP contribution in [0.25, 0.3) is 0 Å². The molecule has 0 fully saturated rings. The van der Waals surface area contributed by atoms with Gasteiger partial charge in [0.15, 0.2) is 0 Å². The quantitative estimate of drug-likeness (QED) is 0.867. The summed E-state index contributed by atoms with van der Waals surface area (Å²) in [6.45, 7) is 9.94. The molecule has 1 aromatic rings. The zero-order chi connectivity index (χ0) is 12.9. The lowest BCUT2D eigenvalue weighted by Gasteiger charge is -2.27. The summed E-state index contributed by atoms with van der Waals surface area (Å²) < 4.78 is 0. The summed E-state index contributed by atoms with van der Waals surface area (Å²) in [5.74, 6) is 0. The van der Waals surface area contributed by atoms with E-state index in [-0.39, 0.29) is 0 Å². The van der Waals surface area contributed by atoms with E-state index in [0.717, 1.165) is 24.4 Å². The van der Waals surface area contributed by atoms with Gasteiger partial charge in [0.1, 0.15) is 0 Å². The maximum absolute atomic E-state index is 6.15. The van der Waals surface area contributed by atoms with E-state index in [2.05, 4.69) is 38.0 Å². The van der Waals surface area contributed by atoms with Crippen LogP contribution >= 0.6 is 11.6 Å². The number of rotatable bonds is 5. The molecule has 0 spiro atoms. The van der Waals surface area contributed by atoms with Gasteiger partial charge in [-0.3, -0.25) is 4.98 Å². The summed E-state index contributed by atoms with van der Waals surface area (Å²) in [6, 6.07) is 2.48. The lowest BCUT2D eigenvalue weighted by atomic mass is 9.86. The minimum atomic E-state index is 0.326. The van der Waals surface area contributed by atoms with E-state index in [1.165, 1.54) is 5.56 Å². The molecule has 1 atom stereocenters. The van der Waals surface area contributed by atoms with Crippen molar-refractivity contribution in [1.82, 2.24) is 10.3 Å². The van der Waals surface area contributed by atoms with E-state index in [0.29, 0.717) is 11.5 Å². The zero-order valence-corrected chi connectivity index (χ0v) is 12.0. The Bertz CT molecular complexity index is 344. The Morgan fingerprint density at radius 1 is 1.41 bits per heavy atom. The molecule has 0 amide bonds. The maximum Gasteiger partial charge on any atom is 0.0621 e. The Hall–Kier alpha value is -0.600. The number of halogens is 1. The number of nitrogens with one attached hydrogen (secondary N) is 1. The molecule has 0 saturated heterocycles. The first-order valence-electron chi connectivity index (χ1n) is 6.24. The van der Waals surface area contributed by atoms with Crippen molar-refractivity contribution in [2.75, 3.05) is 6.54 Å². The van der Waals surface area contributed by atoms with Crippen LogP contribution in [-0.4, -0.2) is 17.6 Å². The van der Waals surface area contributed by atoms with Crippen molar-refractivity contribution in [3.63, 3.8) is 0 Å². The van der Waals surface area contributed by atoms with Crippen LogP contribution in [0, 0.1) is 5.41 Å². The van der Waals surface area contributed by atoms with Crippen LogP contribution in [0.15, 0.2) is 18.5 Å². The summed E-state index contributed by atoms with van der Waals surface area (Å²) in [5.41, 5.74) is 1.50. The van der Waals surface area contributed by atoms with Gasteiger partial charge in [-0.2, -0.15) is 0 Å². The second-order valence-corrected chi connectivity index (χ2v) is 6.10. The fraction of sp³-hybridized carbons (Fsp3) is 0.643. The van der Waals surface area contributed by atoms with Crippen molar-refractivity contribution in [2.24, 2.45) is 5.41 Å². The third-order valence-electron chi connectivity index (χ3n) is 2.67. The molecule has 17 heavy (non-hydrogen) atoms. The number of likely N-dealkylation sites (N-methyl/N-ethyl adjacent to an activating group) is 1. The molecule has 96 valence electrons. The van der Waals surface area contributed by atoms with Crippen molar-refractivity contribution in [2.45, 2.75) is 46.6 Å². The number of aromatic nitrogens is 1. The second-order valence-electron chi connectivity index (χ2n) is 5.69. The van der Waals surface area contributed by atoms with E-state index in [1.807, 2.05) is 6.07 Å². The van der Waals surface area contributed by atoms with Gasteiger partial charge in [0.05, 0.1) is 5.02 Å². The van der Waals surface area contributed by atoms with E-state index in [1.54, 1.807) is 12.4 Å². The molecule has 0 aliphatic heterocycles. The number of hydrogen-bond donors (Lipinski definition) is 1. The lowest BCUT2D eigenvalue weighted by molar-refractivity contribution is 0.309. The summed E-state index contributed by atoms with van der Waals surface area (Å²) in [6.07, 6.45) is 5.63. The lowest BCUT2D eigenvalue weighted by Crippen LogP contribution is -2.34.